The minimum Gasteiger partial charge on any atom is -0.312 e. The summed E-state index contributed by atoms with van der Waals surface area (Å²) in [5, 5.41) is 11.8. The van der Waals surface area contributed by atoms with Crippen LogP contribution in [0.3, 0.4) is 0 Å². The molecule has 1 fully saturated rings. The van der Waals surface area contributed by atoms with Crippen LogP contribution in [-0.2, 0) is 6.54 Å². The van der Waals surface area contributed by atoms with Gasteiger partial charge in [0, 0.05) is 24.7 Å². The minimum atomic E-state index is -0.658. The first-order valence-corrected chi connectivity index (χ1v) is 7.34. The molecule has 1 unspecified atom stereocenters. The molecule has 1 aromatic carbocycles. The minimum absolute atomic E-state index is 0.00714. The predicted molar refractivity (Wildman–Crippen MR) is 77.6 cm³/mol. The highest BCUT2D eigenvalue weighted by Crippen LogP contribution is 2.19. The molecule has 1 aromatic rings. The van der Waals surface area contributed by atoms with Crippen LogP contribution >= 0.6 is 0 Å². The number of hydrogen-bond donors (Lipinski definition) is 1. The highest BCUT2D eigenvalue weighted by Gasteiger charge is 2.23. The zero-order valence-corrected chi connectivity index (χ0v) is 12.5. The Bertz CT molecular complexity index is 514. The third-order valence-corrected chi connectivity index (χ3v) is 4.05. The van der Waals surface area contributed by atoms with Gasteiger partial charge in [0.05, 0.1) is 11.6 Å². The van der Waals surface area contributed by atoms with Crippen LogP contribution in [0.2, 0.25) is 0 Å². The summed E-state index contributed by atoms with van der Waals surface area (Å²) in [7, 11) is 0. The second-order valence-electron chi connectivity index (χ2n) is 5.90. The van der Waals surface area contributed by atoms with Gasteiger partial charge in [-0.05, 0) is 51.4 Å². The Kier molecular flexibility index (Phi) is 5.27. The van der Waals surface area contributed by atoms with E-state index in [0.717, 1.165) is 38.2 Å². The molecule has 5 heteroatoms. The lowest BCUT2D eigenvalue weighted by molar-refractivity contribution is 0.264. The van der Waals surface area contributed by atoms with Crippen molar-refractivity contribution in [1.29, 1.82) is 5.26 Å². The van der Waals surface area contributed by atoms with E-state index in [4.69, 9.17) is 5.26 Å². The molecule has 1 atom stereocenters. The summed E-state index contributed by atoms with van der Waals surface area (Å²) in [5.74, 6) is -0.791. The van der Waals surface area contributed by atoms with Crippen LogP contribution in [0.25, 0.3) is 0 Å². The molecule has 0 amide bonds. The van der Waals surface area contributed by atoms with Crippen molar-refractivity contribution in [2.45, 2.75) is 32.9 Å². The second kappa shape index (κ2) is 6.97. The van der Waals surface area contributed by atoms with Gasteiger partial charge in [0.2, 0.25) is 0 Å². The molecule has 0 bridgehead atoms. The van der Waals surface area contributed by atoms with E-state index in [0.29, 0.717) is 12.0 Å². The molecule has 0 spiro atoms. The van der Waals surface area contributed by atoms with E-state index in [2.05, 4.69) is 24.1 Å². The number of halogens is 2. The second-order valence-corrected chi connectivity index (χ2v) is 5.90. The first kappa shape index (κ1) is 15.9. The summed E-state index contributed by atoms with van der Waals surface area (Å²) < 4.78 is 27.5. The molecule has 114 valence electrons. The van der Waals surface area contributed by atoms with Crippen molar-refractivity contribution in [3.63, 3.8) is 0 Å². The SMILES string of the molecule is CC(C)N1CCC(CNCc2c(F)cc(C#N)cc2F)C1. The lowest BCUT2D eigenvalue weighted by Crippen LogP contribution is -2.30. The average molecular weight is 293 g/mol. The van der Waals surface area contributed by atoms with E-state index in [9.17, 15) is 8.78 Å². The van der Waals surface area contributed by atoms with Gasteiger partial charge >= 0.3 is 0 Å². The highest BCUT2D eigenvalue weighted by atomic mass is 19.1. The molecule has 3 nitrogen and oxygen atoms in total. The van der Waals surface area contributed by atoms with E-state index in [1.165, 1.54) is 0 Å². The zero-order chi connectivity index (χ0) is 15.4. The van der Waals surface area contributed by atoms with Crippen molar-refractivity contribution in [3.05, 3.63) is 34.9 Å². The molecule has 1 heterocycles. The molecule has 21 heavy (non-hydrogen) atoms. The van der Waals surface area contributed by atoms with Crippen molar-refractivity contribution in [2.75, 3.05) is 19.6 Å². The molecular formula is C16H21F2N3. The van der Waals surface area contributed by atoms with Crippen molar-refractivity contribution in [3.8, 4) is 6.07 Å². The molecule has 1 saturated heterocycles. The van der Waals surface area contributed by atoms with Crippen molar-refractivity contribution in [2.24, 2.45) is 5.92 Å². The van der Waals surface area contributed by atoms with Crippen LogP contribution in [0.1, 0.15) is 31.4 Å². The van der Waals surface area contributed by atoms with Gasteiger partial charge in [-0.3, -0.25) is 0 Å². The molecule has 0 saturated carbocycles. The topological polar surface area (TPSA) is 39.1 Å². The number of benzene rings is 1. The van der Waals surface area contributed by atoms with E-state index in [-0.39, 0.29) is 17.7 Å². The third-order valence-electron chi connectivity index (χ3n) is 4.05. The fourth-order valence-corrected chi connectivity index (χ4v) is 2.74. The summed E-state index contributed by atoms with van der Waals surface area (Å²) in [6, 6.07) is 4.45. The number of rotatable bonds is 5. The summed E-state index contributed by atoms with van der Waals surface area (Å²) >= 11 is 0. The normalized spacial score (nSPS) is 19.1. The van der Waals surface area contributed by atoms with Gasteiger partial charge in [0.15, 0.2) is 0 Å². The Morgan fingerprint density at radius 2 is 2.05 bits per heavy atom. The summed E-state index contributed by atoms with van der Waals surface area (Å²) in [6.07, 6.45) is 1.11. The molecule has 1 aliphatic rings. The largest absolute Gasteiger partial charge is 0.312 e. The number of nitrogens with one attached hydrogen (secondary N) is 1. The molecule has 2 rings (SSSR count). The van der Waals surface area contributed by atoms with Gasteiger partial charge in [0.25, 0.3) is 0 Å². The van der Waals surface area contributed by atoms with Crippen molar-refractivity contribution in [1.82, 2.24) is 10.2 Å². The quantitative estimate of drug-likeness (QED) is 0.907. The fourth-order valence-electron chi connectivity index (χ4n) is 2.74. The van der Waals surface area contributed by atoms with Gasteiger partial charge in [-0.1, -0.05) is 0 Å². The number of nitriles is 1. The van der Waals surface area contributed by atoms with Crippen molar-refractivity contribution < 1.29 is 8.78 Å². The maximum Gasteiger partial charge on any atom is 0.131 e. The monoisotopic (exact) mass is 293 g/mol. The maximum absolute atomic E-state index is 13.7. The van der Waals surface area contributed by atoms with Crippen LogP contribution < -0.4 is 5.32 Å². The lowest BCUT2D eigenvalue weighted by Gasteiger charge is -2.20. The molecular weight excluding hydrogens is 272 g/mol. The van der Waals surface area contributed by atoms with Crippen molar-refractivity contribution >= 4 is 0 Å². The molecule has 0 aliphatic carbocycles. The zero-order valence-electron chi connectivity index (χ0n) is 12.5. The molecule has 0 aromatic heterocycles. The number of nitrogens with zero attached hydrogens (tertiary/aromatic N) is 2. The van der Waals surface area contributed by atoms with Gasteiger partial charge in [-0.25, -0.2) is 8.78 Å². The summed E-state index contributed by atoms with van der Waals surface area (Å²) in [5.41, 5.74) is 0.0184. The average Bonchev–Trinajstić information content (AvgIpc) is 2.90. The predicted octanol–water partition coefficient (Wildman–Crippen LogP) is 2.66. The van der Waals surface area contributed by atoms with Gasteiger partial charge in [-0.15, -0.1) is 0 Å². The van der Waals surface area contributed by atoms with E-state index in [1.54, 1.807) is 6.07 Å². The van der Waals surface area contributed by atoms with Crippen LogP contribution in [0.4, 0.5) is 8.78 Å². The molecule has 1 N–H and O–H groups in total. The highest BCUT2D eigenvalue weighted by molar-refractivity contribution is 5.34. The Labute approximate surface area is 124 Å². The first-order chi connectivity index (χ1) is 10.0. The van der Waals surface area contributed by atoms with E-state index >= 15 is 0 Å². The maximum atomic E-state index is 13.7. The lowest BCUT2D eigenvalue weighted by atomic mass is 10.1. The van der Waals surface area contributed by atoms with Crippen LogP contribution in [0.5, 0.6) is 0 Å². The van der Waals surface area contributed by atoms with Gasteiger partial charge < -0.3 is 10.2 Å². The van der Waals surface area contributed by atoms with Crippen LogP contribution in [0.15, 0.2) is 12.1 Å². The first-order valence-electron chi connectivity index (χ1n) is 7.34. The summed E-state index contributed by atoms with van der Waals surface area (Å²) in [4.78, 5) is 2.41. The third kappa shape index (κ3) is 3.99. The number of likely N-dealkylation sites (tertiary alicyclic amines) is 1. The Morgan fingerprint density at radius 1 is 1.38 bits per heavy atom. The van der Waals surface area contributed by atoms with Crippen LogP contribution in [-0.4, -0.2) is 30.6 Å². The van der Waals surface area contributed by atoms with Crippen LogP contribution in [0, 0.1) is 28.9 Å². The summed E-state index contributed by atoms with van der Waals surface area (Å²) in [6.45, 7) is 7.38. The Hall–Kier alpha value is -1.51. The fraction of sp³-hybridized carbons (Fsp3) is 0.562. The molecule has 1 aliphatic heterocycles. The molecule has 0 radical (unpaired) electrons. The van der Waals surface area contributed by atoms with Gasteiger partial charge in [-0.2, -0.15) is 5.26 Å². The number of hydrogen-bond acceptors (Lipinski definition) is 3. The standard InChI is InChI=1S/C16H21F2N3/c1-11(2)21-4-3-12(10-21)8-20-9-14-15(17)5-13(7-19)6-16(14)18/h5-6,11-12,20H,3-4,8-10H2,1-2H3. The smallest absolute Gasteiger partial charge is 0.131 e. The van der Waals surface area contributed by atoms with Gasteiger partial charge in [0.1, 0.15) is 11.6 Å². The van der Waals surface area contributed by atoms with E-state index in [1.807, 2.05) is 0 Å². The Morgan fingerprint density at radius 3 is 2.57 bits per heavy atom. The Balaban J connectivity index is 1.86. The van der Waals surface area contributed by atoms with E-state index < -0.39 is 11.6 Å².